The minimum Gasteiger partial charge on any atom is -0.315 e. The van der Waals surface area contributed by atoms with Crippen LogP contribution in [0.1, 0.15) is 50.9 Å². The number of rotatable bonds is 14. The van der Waals surface area contributed by atoms with Crippen LogP contribution in [0, 0.1) is 6.92 Å². The summed E-state index contributed by atoms with van der Waals surface area (Å²) in [5.41, 5.74) is 2.79. The molecule has 34 heavy (non-hydrogen) atoms. The number of likely N-dealkylation sites (N-methyl/N-ethyl adjacent to an activating group) is 1. The van der Waals surface area contributed by atoms with E-state index >= 15 is 0 Å². The highest BCUT2D eigenvalue weighted by Crippen LogP contribution is 2.31. The molecule has 0 aliphatic heterocycles. The van der Waals surface area contributed by atoms with Crippen LogP contribution in [-0.2, 0) is 6.54 Å². The summed E-state index contributed by atoms with van der Waals surface area (Å²) < 4.78 is 0. The third kappa shape index (κ3) is 8.90. The van der Waals surface area contributed by atoms with E-state index in [9.17, 15) is 0 Å². The van der Waals surface area contributed by atoms with E-state index in [1.165, 1.54) is 25.7 Å². The van der Waals surface area contributed by atoms with Gasteiger partial charge in [-0.05, 0) is 33.5 Å². The molecule has 0 aliphatic carbocycles. The molecule has 0 aromatic carbocycles. The zero-order valence-corrected chi connectivity index (χ0v) is 22.5. The molecule has 0 radical (unpaired) electrons. The number of hydrogen-bond acceptors (Lipinski definition) is 10. The highest BCUT2D eigenvalue weighted by atomic mass is 32.2. The van der Waals surface area contributed by atoms with Crippen molar-refractivity contribution in [3.05, 3.63) is 36.0 Å². The first-order valence-electron chi connectivity index (χ1n) is 11.8. The smallest absolute Gasteiger partial charge is 0.188 e. The normalized spacial score (nSPS) is 12.3. The molecule has 184 valence electrons. The molecule has 3 aromatic heterocycles. The summed E-state index contributed by atoms with van der Waals surface area (Å²) in [4.78, 5) is 26.1. The highest BCUT2D eigenvalue weighted by molar-refractivity contribution is 7.99. The van der Waals surface area contributed by atoms with Gasteiger partial charge in [0.05, 0.1) is 28.7 Å². The topological polar surface area (TPSA) is 91.8 Å². The van der Waals surface area contributed by atoms with Crippen LogP contribution in [0.3, 0.4) is 0 Å². The fourth-order valence-electron chi connectivity index (χ4n) is 3.23. The summed E-state index contributed by atoms with van der Waals surface area (Å²) in [7, 11) is 4.12. The van der Waals surface area contributed by atoms with Gasteiger partial charge in [-0.15, -0.1) is 0 Å². The van der Waals surface area contributed by atoms with Crippen LogP contribution in [0.2, 0.25) is 0 Å². The molecule has 3 heterocycles. The molecule has 0 saturated carbocycles. The quantitative estimate of drug-likeness (QED) is 0.177. The summed E-state index contributed by atoms with van der Waals surface area (Å²) in [6.45, 7) is 9.11. The lowest BCUT2D eigenvalue weighted by atomic mass is 10.2. The molecule has 0 fully saturated rings. The number of nitrogens with zero attached hydrogens (tertiary/aromatic N) is 6. The Labute approximate surface area is 211 Å². The SMILES string of the molecule is CCCCCC(C)Sc1nc(C)cc(-c2cnc(Nc3cnc(CNCCN(C)C)cn3)s2)n1. The van der Waals surface area contributed by atoms with Crippen LogP contribution < -0.4 is 10.6 Å². The van der Waals surface area contributed by atoms with Gasteiger partial charge in [-0.2, -0.15) is 0 Å². The molecule has 1 atom stereocenters. The maximum absolute atomic E-state index is 4.81. The lowest BCUT2D eigenvalue weighted by Crippen LogP contribution is -2.26. The van der Waals surface area contributed by atoms with Gasteiger partial charge >= 0.3 is 0 Å². The minimum absolute atomic E-state index is 0.504. The highest BCUT2D eigenvalue weighted by Gasteiger charge is 2.12. The molecule has 0 amide bonds. The molecule has 0 saturated heterocycles. The Morgan fingerprint density at radius 2 is 1.94 bits per heavy atom. The van der Waals surface area contributed by atoms with Crippen molar-refractivity contribution in [1.29, 1.82) is 0 Å². The number of hydrogen-bond donors (Lipinski definition) is 2. The van der Waals surface area contributed by atoms with Crippen molar-refractivity contribution in [3.8, 4) is 10.6 Å². The predicted octanol–water partition coefficient (Wildman–Crippen LogP) is 5.15. The summed E-state index contributed by atoms with van der Waals surface area (Å²) in [6, 6.07) is 2.01. The van der Waals surface area contributed by atoms with Crippen LogP contribution >= 0.6 is 23.1 Å². The van der Waals surface area contributed by atoms with Crippen LogP contribution in [0.15, 0.2) is 29.8 Å². The lowest BCUT2D eigenvalue weighted by molar-refractivity contribution is 0.399. The summed E-state index contributed by atoms with van der Waals surface area (Å²) in [6.07, 6.45) is 10.3. The molecule has 0 spiro atoms. The van der Waals surface area contributed by atoms with Gasteiger partial charge in [-0.3, -0.25) is 4.98 Å². The van der Waals surface area contributed by atoms with Crippen molar-refractivity contribution in [3.63, 3.8) is 0 Å². The van der Waals surface area contributed by atoms with Gasteiger partial charge in [0.15, 0.2) is 16.1 Å². The maximum atomic E-state index is 4.81. The number of thioether (sulfide) groups is 1. The average molecular weight is 501 g/mol. The summed E-state index contributed by atoms with van der Waals surface area (Å²) >= 11 is 3.31. The Balaban J connectivity index is 1.58. The molecule has 3 aromatic rings. The second kappa shape index (κ2) is 13.7. The second-order valence-corrected chi connectivity index (χ2v) is 11.1. The standard InChI is InChI=1S/C24H36N8S2/c1-6-7-8-9-18(3)33-24-29-17(2)12-20(30-24)21-15-28-23(34-21)31-22-16-26-19(14-27-22)13-25-10-11-32(4)5/h12,14-16,18,25H,6-11,13H2,1-5H3,(H,27,28,31). The largest absolute Gasteiger partial charge is 0.315 e. The van der Waals surface area contributed by atoms with E-state index in [1.54, 1.807) is 35.5 Å². The number of aryl methyl sites for hydroxylation is 1. The third-order valence-electron chi connectivity index (χ3n) is 5.09. The van der Waals surface area contributed by atoms with E-state index < -0.39 is 0 Å². The number of unbranched alkanes of at least 4 members (excludes halogenated alkanes) is 2. The Morgan fingerprint density at radius 1 is 1.09 bits per heavy atom. The van der Waals surface area contributed by atoms with Crippen molar-refractivity contribution in [1.82, 2.24) is 35.1 Å². The van der Waals surface area contributed by atoms with Crippen molar-refractivity contribution < 1.29 is 0 Å². The fourth-order valence-corrected chi connectivity index (χ4v) is 5.01. The van der Waals surface area contributed by atoms with Crippen LogP contribution in [-0.4, -0.2) is 62.3 Å². The monoisotopic (exact) mass is 500 g/mol. The number of nitrogens with one attached hydrogen (secondary N) is 2. The Bertz CT molecular complexity index is 1010. The van der Waals surface area contributed by atoms with Gasteiger partial charge in [-0.25, -0.2) is 19.9 Å². The zero-order chi connectivity index (χ0) is 24.3. The van der Waals surface area contributed by atoms with Crippen molar-refractivity contribution in [2.45, 2.75) is 63.4 Å². The third-order valence-corrected chi connectivity index (χ3v) is 7.06. The summed E-state index contributed by atoms with van der Waals surface area (Å²) in [5.74, 6) is 0.675. The Kier molecular flexibility index (Phi) is 10.6. The van der Waals surface area contributed by atoms with Gasteiger partial charge in [0.2, 0.25) is 0 Å². The Hall–Kier alpha value is -2.14. The van der Waals surface area contributed by atoms with Crippen molar-refractivity contribution in [2.24, 2.45) is 0 Å². The number of thiazole rings is 1. The molecular weight excluding hydrogens is 464 g/mol. The molecule has 3 rings (SSSR count). The van der Waals surface area contributed by atoms with Crippen LogP contribution in [0.25, 0.3) is 10.6 Å². The average Bonchev–Trinajstić information content (AvgIpc) is 3.26. The lowest BCUT2D eigenvalue weighted by Gasteiger charge is -2.10. The van der Waals surface area contributed by atoms with Gasteiger partial charge in [0, 0.05) is 36.8 Å². The van der Waals surface area contributed by atoms with Gasteiger partial charge < -0.3 is 15.5 Å². The first-order chi connectivity index (χ1) is 16.4. The molecule has 1 unspecified atom stereocenters. The minimum atomic E-state index is 0.504. The Morgan fingerprint density at radius 3 is 2.68 bits per heavy atom. The van der Waals surface area contributed by atoms with E-state index in [2.05, 4.69) is 63.4 Å². The van der Waals surface area contributed by atoms with Crippen molar-refractivity contribution in [2.75, 3.05) is 32.5 Å². The summed E-state index contributed by atoms with van der Waals surface area (Å²) in [5, 5.41) is 8.72. The van der Waals surface area contributed by atoms with Gasteiger partial charge in [0.25, 0.3) is 0 Å². The van der Waals surface area contributed by atoms with Crippen LogP contribution in [0.4, 0.5) is 10.9 Å². The number of anilines is 2. The number of aromatic nitrogens is 5. The van der Waals surface area contributed by atoms with Crippen LogP contribution in [0.5, 0.6) is 0 Å². The van der Waals surface area contributed by atoms with E-state index in [0.717, 1.165) is 45.3 Å². The zero-order valence-electron chi connectivity index (χ0n) is 20.8. The maximum Gasteiger partial charge on any atom is 0.188 e. The fraction of sp³-hybridized carbons (Fsp3) is 0.542. The first-order valence-corrected chi connectivity index (χ1v) is 13.5. The molecule has 2 N–H and O–H groups in total. The molecule has 10 heteroatoms. The van der Waals surface area contributed by atoms with E-state index in [1.807, 2.05) is 19.2 Å². The van der Waals surface area contributed by atoms with E-state index in [-0.39, 0.29) is 0 Å². The molecular formula is C24H36N8S2. The molecule has 0 aliphatic rings. The first kappa shape index (κ1) is 26.5. The molecule has 0 bridgehead atoms. The second-order valence-electron chi connectivity index (χ2n) is 8.63. The van der Waals surface area contributed by atoms with Crippen molar-refractivity contribution >= 4 is 34.0 Å². The molecule has 8 nitrogen and oxygen atoms in total. The predicted molar refractivity (Wildman–Crippen MR) is 143 cm³/mol. The van der Waals surface area contributed by atoms with Gasteiger partial charge in [-0.1, -0.05) is 56.2 Å². The van der Waals surface area contributed by atoms with E-state index in [0.29, 0.717) is 17.6 Å². The van der Waals surface area contributed by atoms with Gasteiger partial charge in [0.1, 0.15) is 0 Å². The van der Waals surface area contributed by atoms with E-state index in [4.69, 9.17) is 4.98 Å².